The first-order chi connectivity index (χ1) is 9.70. The van der Waals surface area contributed by atoms with Gasteiger partial charge in [0, 0.05) is 26.6 Å². The van der Waals surface area contributed by atoms with Gasteiger partial charge in [-0.1, -0.05) is 12.1 Å². The van der Waals surface area contributed by atoms with Gasteiger partial charge in [-0.05, 0) is 38.4 Å². The molecule has 0 bridgehead atoms. The van der Waals surface area contributed by atoms with E-state index in [2.05, 4.69) is 35.1 Å². The third-order valence-corrected chi connectivity index (χ3v) is 4.86. The van der Waals surface area contributed by atoms with Crippen LogP contribution in [0.1, 0.15) is 25.1 Å². The SMILES string of the molecule is CNC(Cc1nc2ccccc2n1C)C1(OC)CCC1. The molecule has 1 aliphatic carbocycles. The summed E-state index contributed by atoms with van der Waals surface area (Å²) >= 11 is 0. The predicted octanol–water partition coefficient (Wildman–Crippen LogP) is 2.27. The van der Waals surface area contributed by atoms with Gasteiger partial charge in [-0.25, -0.2) is 4.98 Å². The largest absolute Gasteiger partial charge is 0.377 e. The number of nitrogens with one attached hydrogen (secondary N) is 1. The van der Waals surface area contributed by atoms with E-state index < -0.39 is 0 Å². The van der Waals surface area contributed by atoms with Gasteiger partial charge >= 0.3 is 0 Å². The fourth-order valence-electron chi connectivity index (χ4n) is 3.33. The van der Waals surface area contributed by atoms with Gasteiger partial charge in [0.1, 0.15) is 5.82 Å². The van der Waals surface area contributed by atoms with E-state index in [0.717, 1.165) is 30.6 Å². The van der Waals surface area contributed by atoms with E-state index in [1.807, 2.05) is 20.2 Å². The fraction of sp³-hybridized carbons (Fsp3) is 0.562. The maximum atomic E-state index is 5.81. The molecule has 4 nitrogen and oxygen atoms in total. The normalized spacial score (nSPS) is 18.9. The van der Waals surface area contributed by atoms with Crippen molar-refractivity contribution in [3.05, 3.63) is 30.1 Å². The topological polar surface area (TPSA) is 39.1 Å². The van der Waals surface area contributed by atoms with Crippen LogP contribution in [0.25, 0.3) is 11.0 Å². The molecule has 4 heteroatoms. The third-order valence-electron chi connectivity index (χ3n) is 4.86. The summed E-state index contributed by atoms with van der Waals surface area (Å²) in [6.45, 7) is 0. The van der Waals surface area contributed by atoms with Crippen LogP contribution in [0.4, 0.5) is 0 Å². The maximum Gasteiger partial charge on any atom is 0.111 e. The Balaban J connectivity index is 1.89. The second-order valence-electron chi connectivity index (χ2n) is 5.74. The number of aryl methyl sites for hydroxylation is 1. The summed E-state index contributed by atoms with van der Waals surface area (Å²) in [5.41, 5.74) is 2.25. The second-order valence-corrected chi connectivity index (χ2v) is 5.74. The van der Waals surface area contributed by atoms with E-state index in [0.29, 0.717) is 6.04 Å². The Morgan fingerprint density at radius 1 is 1.40 bits per heavy atom. The van der Waals surface area contributed by atoms with Crippen LogP contribution in [0.3, 0.4) is 0 Å². The molecule has 0 spiro atoms. The number of benzene rings is 1. The minimum absolute atomic E-state index is 0.00706. The molecule has 1 heterocycles. The molecule has 3 rings (SSSR count). The Hall–Kier alpha value is -1.39. The first-order valence-corrected chi connectivity index (χ1v) is 7.33. The van der Waals surface area contributed by atoms with Crippen LogP contribution in [0.5, 0.6) is 0 Å². The molecule has 1 N–H and O–H groups in total. The molecule has 1 aromatic carbocycles. The Bertz CT molecular complexity index is 595. The fourth-order valence-corrected chi connectivity index (χ4v) is 3.33. The molecule has 20 heavy (non-hydrogen) atoms. The van der Waals surface area contributed by atoms with Crippen molar-refractivity contribution in [3.8, 4) is 0 Å². The van der Waals surface area contributed by atoms with Crippen molar-refractivity contribution in [2.45, 2.75) is 37.3 Å². The van der Waals surface area contributed by atoms with E-state index in [9.17, 15) is 0 Å². The smallest absolute Gasteiger partial charge is 0.111 e. The average molecular weight is 273 g/mol. The second kappa shape index (κ2) is 5.19. The van der Waals surface area contributed by atoms with Crippen molar-refractivity contribution in [3.63, 3.8) is 0 Å². The number of hydrogen-bond donors (Lipinski definition) is 1. The van der Waals surface area contributed by atoms with Gasteiger partial charge in [0.05, 0.1) is 16.6 Å². The Labute approximate surface area is 120 Å². The third kappa shape index (κ3) is 2.03. The summed E-state index contributed by atoms with van der Waals surface area (Å²) in [7, 11) is 5.95. The lowest BCUT2D eigenvalue weighted by atomic mass is 9.73. The van der Waals surface area contributed by atoms with Crippen molar-refractivity contribution in [1.29, 1.82) is 0 Å². The summed E-state index contributed by atoms with van der Waals surface area (Å²) in [5.74, 6) is 1.12. The van der Waals surface area contributed by atoms with Crippen LogP contribution in [-0.2, 0) is 18.2 Å². The first-order valence-electron chi connectivity index (χ1n) is 7.33. The molecule has 0 aliphatic heterocycles. The van der Waals surface area contributed by atoms with Gasteiger partial charge in [0.15, 0.2) is 0 Å². The highest BCUT2D eigenvalue weighted by Gasteiger charge is 2.44. The lowest BCUT2D eigenvalue weighted by molar-refractivity contribution is -0.0970. The van der Waals surface area contributed by atoms with Gasteiger partial charge in [-0.2, -0.15) is 0 Å². The number of rotatable bonds is 5. The number of para-hydroxylation sites is 2. The van der Waals surface area contributed by atoms with E-state index in [1.54, 1.807) is 0 Å². The quantitative estimate of drug-likeness (QED) is 0.908. The van der Waals surface area contributed by atoms with Crippen LogP contribution < -0.4 is 5.32 Å². The van der Waals surface area contributed by atoms with E-state index >= 15 is 0 Å². The highest BCUT2D eigenvalue weighted by atomic mass is 16.5. The Morgan fingerprint density at radius 3 is 2.70 bits per heavy atom. The molecule has 1 unspecified atom stereocenters. The number of imidazole rings is 1. The summed E-state index contributed by atoms with van der Waals surface area (Å²) in [6.07, 6.45) is 4.43. The molecular formula is C16H23N3O. The molecule has 0 radical (unpaired) electrons. The number of ether oxygens (including phenoxy) is 1. The monoisotopic (exact) mass is 273 g/mol. The summed E-state index contributed by atoms with van der Waals surface area (Å²) in [5, 5.41) is 3.44. The molecule has 0 saturated heterocycles. The number of likely N-dealkylation sites (N-methyl/N-ethyl adjacent to an activating group) is 1. The highest BCUT2D eigenvalue weighted by molar-refractivity contribution is 5.75. The van der Waals surface area contributed by atoms with Gasteiger partial charge in [-0.3, -0.25) is 0 Å². The van der Waals surface area contributed by atoms with Gasteiger partial charge < -0.3 is 14.6 Å². The van der Waals surface area contributed by atoms with E-state index in [4.69, 9.17) is 9.72 Å². The molecule has 1 atom stereocenters. The summed E-state index contributed by atoms with van der Waals surface area (Å²) < 4.78 is 8.01. The Morgan fingerprint density at radius 2 is 2.15 bits per heavy atom. The zero-order valence-electron chi connectivity index (χ0n) is 12.5. The van der Waals surface area contributed by atoms with E-state index in [-0.39, 0.29) is 5.60 Å². The van der Waals surface area contributed by atoms with Crippen molar-refractivity contribution in [2.24, 2.45) is 7.05 Å². The van der Waals surface area contributed by atoms with Crippen molar-refractivity contribution >= 4 is 11.0 Å². The van der Waals surface area contributed by atoms with E-state index in [1.165, 1.54) is 11.9 Å². The van der Waals surface area contributed by atoms with Gasteiger partial charge in [0.2, 0.25) is 0 Å². The minimum atomic E-state index is -0.00706. The van der Waals surface area contributed by atoms with Gasteiger partial charge in [0.25, 0.3) is 0 Å². The van der Waals surface area contributed by atoms with Crippen molar-refractivity contribution in [1.82, 2.24) is 14.9 Å². The number of hydrogen-bond acceptors (Lipinski definition) is 3. The Kier molecular flexibility index (Phi) is 3.52. The molecule has 108 valence electrons. The summed E-state index contributed by atoms with van der Waals surface area (Å²) in [6, 6.07) is 8.61. The maximum absolute atomic E-state index is 5.81. The number of fused-ring (bicyclic) bond motifs is 1. The molecule has 1 fully saturated rings. The zero-order valence-corrected chi connectivity index (χ0v) is 12.5. The molecular weight excluding hydrogens is 250 g/mol. The van der Waals surface area contributed by atoms with Gasteiger partial charge in [-0.15, -0.1) is 0 Å². The molecule has 1 aliphatic rings. The van der Waals surface area contributed by atoms with Crippen molar-refractivity contribution in [2.75, 3.05) is 14.2 Å². The zero-order chi connectivity index (χ0) is 14.2. The number of methoxy groups -OCH3 is 1. The predicted molar refractivity (Wildman–Crippen MR) is 80.9 cm³/mol. The van der Waals surface area contributed by atoms with Crippen LogP contribution in [-0.4, -0.2) is 35.4 Å². The van der Waals surface area contributed by atoms with Crippen molar-refractivity contribution < 1.29 is 4.74 Å². The first kappa shape index (κ1) is 13.6. The average Bonchev–Trinajstić information content (AvgIpc) is 2.74. The lowest BCUT2D eigenvalue weighted by Gasteiger charge is -2.46. The molecule has 1 saturated carbocycles. The van der Waals surface area contributed by atoms with Crippen LogP contribution in [0.2, 0.25) is 0 Å². The lowest BCUT2D eigenvalue weighted by Crippen LogP contribution is -2.56. The number of nitrogens with zero attached hydrogens (tertiary/aromatic N) is 2. The molecule has 0 amide bonds. The standard InChI is InChI=1S/C16H23N3O/c1-17-14(16(20-3)9-6-10-16)11-15-18-12-7-4-5-8-13(12)19(15)2/h4-5,7-8,14,17H,6,9-11H2,1-3H3. The number of aromatic nitrogens is 2. The van der Waals surface area contributed by atoms with Crippen LogP contribution in [0, 0.1) is 0 Å². The van der Waals surface area contributed by atoms with Crippen LogP contribution in [0.15, 0.2) is 24.3 Å². The molecule has 2 aromatic rings. The highest BCUT2D eigenvalue weighted by Crippen LogP contribution is 2.39. The minimum Gasteiger partial charge on any atom is -0.377 e. The summed E-state index contributed by atoms with van der Waals surface area (Å²) in [4.78, 5) is 4.77. The van der Waals surface area contributed by atoms with Crippen LogP contribution >= 0.6 is 0 Å². The molecule has 1 aromatic heterocycles.